The molecule has 0 spiro atoms. The van der Waals surface area contributed by atoms with Gasteiger partial charge in [0.2, 0.25) is 0 Å². The van der Waals surface area contributed by atoms with Crippen molar-refractivity contribution in [3.8, 4) is 0 Å². The van der Waals surface area contributed by atoms with E-state index in [0.29, 0.717) is 0 Å². The van der Waals surface area contributed by atoms with E-state index in [1.165, 1.54) is 28.7 Å². The van der Waals surface area contributed by atoms with Gasteiger partial charge >= 0.3 is 0 Å². The van der Waals surface area contributed by atoms with Crippen LogP contribution in [-0.4, -0.2) is 0 Å². The van der Waals surface area contributed by atoms with Crippen LogP contribution in [0.1, 0.15) is 37.0 Å². The monoisotopic (exact) mass is 182 g/mol. The molecule has 0 nitrogen and oxygen atoms in total. The molecule has 0 saturated heterocycles. The first kappa shape index (κ1) is 9.09. The lowest BCUT2D eigenvalue weighted by Crippen LogP contribution is -1.86. The summed E-state index contributed by atoms with van der Waals surface area (Å²) < 4.78 is 0. The molecule has 0 unspecified atom stereocenters. The van der Waals surface area contributed by atoms with Gasteiger partial charge in [0.15, 0.2) is 0 Å². The average molecular weight is 182 g/mol. The lowest BCUT2D eigenvalue weighted by Gasteiger charge is -2.04. The van der Waals surface area contributed by atoms with Crippen molar-refractivity contribution in [2.75, 3.05) is 0 Å². The lowest BCUT2D eigenvalue weighted by molar-refractivity contribution is 1.08. The van der Waals surface area contributed by atoms with Crippen molar-refractivity contribution in [3.63, 3.8) is 0 Å². The maximum Gasteiger partial charge on any atom is 0.0108 e. The Hall–Kier alpha value is -1.48. The maximum atomic E-state index is 3.19. The number of benzene rings is 1. The maximum absolute atomic E-state index is 3.19. The van der Waals surface area contributed by atoms with Gasteiger partial charge in [-0.05, 0) is 35.6 Å². The normalized spacial score (nSPS) is 14.3. The smallest absolute Gasteiger partial charge is 0.0108 e. The summed E-state index contributed by atoms with van der Waals surface area (Å²) in [5.74, 6) is 0. The Morgan fingerprint density at radius 2 is 2.00 bits per heavy atom. The summed E-state index contributed by atoms with van der Waals surface area (Å²) in [6.45, 7) is 4.00. The van der Waals surface area contributed by atoms with Gasteiger partial charge < -0.3 is 0 Å². The summed E-state index contributed by atoms with van der Waals surface area (Å²) in [6, 6.07) is 6.49. The molecule has 0 radical (unpaired) electrons. The van der Waals surface area contributed by atoms with E-state index in [1.807, 2.05) is 19.9 Å². The molecule has 0 fully saturated rings. The third kappa shape index (κ3) is 1.26. The first-order valence-corrected chi connectivity index (χ1v) is 5.28. The highest BCUT2D eigenvalue weighted by atomic mass is 14.2. The second kappa shape index (κ2) is 3.72. The number of rotatable bonds is 0. The van der Waals surface area contributed by atoms with Crippen LogP contribution in [0.2, 0.25) is 0 Å². The van der Waals surface area contributed by atoms with E-state index < -0.39 is 0 Å². The molecule has 1 aromatic rings. The fraction of sp³-hybridized carbons (Fsp3) is 0.286. The van der Waals surface area contributed by atoms with Gasteiger partial charge in [-0.2, -0.15) is 0 Å². The topological polar surface area (TPSA) is 0 Å². The highest BCUT2D eigenvalue weighted by molar-refractivity contribution is 5.81. The molecule has 0 heterocycles. The number of allylic oxidation sites excluding steroid dienone is 1. The Labute approximate surface area is 85.3 Å². The first-order chi connectivity index (χ1) is 6.95. The third-order valence-corrected chi connectivity index (χ3v) is 2.58. The zero-order valence-electron chi connectivity index (χ0n) is 8.72. The lowest BCUT2D eigenvalue weighted by atomic mass is 9.99. The predicted molar refractivity (Wildman–Crippen MR) is 61.0 cm³/mol. The molecule has 0 N–H and O–H groups in total. The van der Waals surface area contributed by atoms with E-state index in [2.05, 4.69) is 29.7 Å². The van der Waals surface area contributed by atoms with Crippen LogP contribution >= 0.6 is 0 Å². The average Bonchev–Trinajstić information content (AvgIpc) is 2.68. The Morgan fingerprint density at radius 3 is 2.86 bits per heavy atom. The Balaban J connectivity index is 0.000000354. The SMILES string of the molecule is C1=C=C2CCc3cccc(c32)C=1.CC. The minimum absolute atomic E-state index is 1.15. The van der Waals surface area contributed by atoms with Crippen molar-refractivity contribution < 1.29 is 0 Å². The zero-order valence-corrected chi connectivity index (χ0v) is 8.72. The minimum atomic E-state index is 1.15. The van der Waals surface area contributed by atoms with Crippen molar-refractivity contribution >= 4 is 11.6 Å². The molecule has 0 amide bonds. The second-order valence-electron chi connectivity index (χ2n) is 3.27. The standard InChI is InChI=1S/C12H8.C2H6/c1-3-9-4-2-6-11-8-7-10(5-1)12(9)11;1-2/h1,3-5H,7-8H2;1-2H3. The van der Waals surface area contributed by atoms with Gasteiger partial charge in [-0.15, -0.1) is 0 Å². The molecule has 3 rings (SSSR count). The molecular weight excluding hydrogens is 168 g/mol. The highest BCUT2D eigenvalue weighted by Crippen LogP contribution is 2.35. The summed E-state index contributed by atoms with van der Waals surface area (Å²) in [5.41, 5.74) is 11.8. The van der Waals surface area contributed by atoms with Gasteiger partial charge in [0, 0.05) is 5.57 Å². The van der Waals surface area contributed by atoms with Crippen molar-refractivity contribution in [3.05, 3.63) is 46.4 Å². The van der Waals surface area contributed by atoms with E-state index in [9.17, 15) is 0 Å². The Bertz CT molecular complexity index is 451. The fourth-order valence-electron chi connectivity index (χ4n) is 2.03. The second-order valence-corrected chi connectivity index (χ2v) is 3.27. The Morgan fingerprint density at radius 1 is 1.14 bits per heavy atom. The van der Waals surface area contributed by atoms with Crippen LogP contribution in [-0.2, 0) is 6.42 Å². The van der Waals surface area contributed by atoms with Crippen LogP contribution in [0.25, 0.3) is 11.6 Å². The minimum Gasteiger partial charge on any atom is -0.0693 e. The molecular formula is C14H14. The molecule has 1 aromatic carbocycles. The fourth-order valence-corrected chi connectivity index (χ4v) is 2.03. The molecule has 0 atom stereocenters. The van der Waals surface area contributed by atoms with Crippen LogP contribution in [0.3, 0.4) is 0 Å². The molecule has 70 valence electrons. The van der Waals surface area contributed by atoms with Gasteiger partial charge in [0.1, 0.15) is 0 Å². The van der Waals surface area contributed by atoms with E-state index in [-0.39, 0.29) is 0 Å². The van der Waals surface area contributed by atoms with Crippen LogP contribution in [0.15, 0.2) is 29.7 Å². The van der Waals surface area contributed by atoms with Gasteiger partial charge in [0.25, 0.3) is 0 Å². The van der Waals surface area contributed by atoms with Crippen LogP contribution in [0.4, 0.5) is 0 Å². The zero-order chi connectivity index (χ0) is 9.97. The number of hydrogen-bond donors (Lipinski definition) is 0. The summed E-state index contributed by atoms with van der Waals surface area (Å²) in [4.78, 5) is 0. The van der Waals surface area contributed by atoms with Crippen molar-refractivity contribution in [1.29, 1.82) is 0 Å². The van der Waals surface area contributed by atoms with Gasteiger partial charge in [0.05, 0.1) is 0 Å². The summed E-state index contributed by atoms with van der Waals surface area (Å²) >= 11 is 0. The van der Waals surface area contributed by atoms with E-state index >= 15 is 0 Å². The molecule has 2 aliphatic rings. The molecule has 14 heavy (non-hydrogen) atoms. The molecule has 2 aliphatic carbocycles. The van der Waals surface area contributed by atoms with Gasteiger partial charge in [-0.25, -0.2) is 0 Å². The number of hydrogen-bond acceptors (Lipinski definition) is 0. The van der Waals surface area contributed by atoms with Crippen LogP contribution < -0.4 is 0 Å². The summed E-state index contributed by atoms with van der Waals surface area (Å²) in [7, 11) is 0. The molecule has 0 aromatic heterocycles. The first-order valence-electron chi connectivity index (χ1n) is 5.28. The third-order valence-electron chi connectivity index (χ3n) is 2.58. The highest BCUT2D eigenvalue weighted by Gasteiger charge is 2.19. The summed E-state index contributed by atoms with van der Waals surface area (Å²) in [6.07, 6.45) is 4.35. The quantitative estimate of drug-likeness (QED) is 0.535. The molecule has 0 saturated carbocycles. The van der Waals surface area contributed by atoms with E-state index in [4.69, 9.17) is 0 Å². The van der Waals surface area contributed by atoms with Crippen molar-refractivity contribution in [1.82, 2.24) is 0 Å². The van der Waals surface area contributed by atoms with Crippen LogP contribution in [0, 0.1) is 0 Å². The van der Waals surface area contributed by atoms with Crippen molar-refractivity contribution in [2.45, 2.75) is 26.7 Å². The van der Waals surface area contributed by atoms with Gasteiger partial charge in [-0.1, -0.05) is 43.5 Å². The molecule has 0 aliphatic heterocycles. The molecule has 0 bridgehead atoms. The summed E-state index contributed by atoms with van der Waals surface area (Å²) in [5, 5.41) is 0. The van der Waals surface area contributed by atoms with Gasteiger partial charge in [-0.3, -0.25) is 0 Å². The Kier molecular flexibility index (Phi) is 2.41. The number of aryl methyl sites for hydroxylation is 1. The van der Waals surface area contributed by atoms with Crippen LogP contribution in [0.5, 0.6) is 0 Å². The van der Waals surface area contributed by atoms with E-state index in [0.717, 1.165) is 6.42 Å². The predicted octanol–water partition coefficient (Wildman–Crippen LogP) is 3.82. The molecule has 0 heteroatoms. The largest absolute Gasteiger partial charge is 0.0693 e. The van der Waals surface area contributed by atoms with Crippen molar-refractivity contribution in [2.24, 2.45) is 0 Å². The van der Waals surface area contributed by atoms with E-state index in [1.54, 1.807) is 0 Å².